The number of nitrogens with zero attached hydrogens (tertiary/aromatic N) is 1. The molecule has 3 heterocycles. The zero-order valence-electron chi connectivity index (χ0n) is 11.3. The molecule has 20 heavy (non-hydrogen) atoms. The number of rotatable bonds is 3. The summed E-state index contributed by atoms with van der Waals surface area (Å²) < 4.78 is 5.11. The number of thiophene rings is 1. The van der Waals surface area contributed by atoms with E-state index in [2.05, 4.69) is 24.9 Å². The summed E-state index contributed by atoms with van der Waals surface area (Å²) in [5.74, 6) is 0.441. The molecular weight excluding hydrogens is 290 g/mol. The molecule has 0 saturated carbocycles. The van der Waals surface area contributed by atoms with E-state index in [1.165, 1.54) is 9.75 Å². The summed E-state index contributed by atoms with van der Waals surface area (Å²) in [5.41, 5.74) is 3.03. The maximum Gasteiger partial charge on any atom is 0.0996 e. The lowest BCUT2D eigenvalue weighted by atomic mass is 10.1. The van der Waals surface area contributed by atoms with Gasteiger partial charge in [-0.15, -0.1) is 11.3 Å². The molecule has 4 heteroatoms. The third-order valence-electron chi connectivity index (χ3n) is 3.10. The fourth-order valence-electron chi connectivity index (χ4n) is 2.07. The van der Waals surface area contributed by atoms with Crippen molar-refractivity contribution in [2.24, 2.45) is 0 Å². The SMILES string of the molecule is CC(C)c1sc(-c2ccnc(-c3ccoc3)c2)cc1Cl. The van der Waals surface area contributed by atoms with Gasteiger partial charge < -0.3 is 4.42 Å². The molecule has 0 N–H and O–H groups in total. The summed E-state index contributed by atoms with van der Waals surface area (Å²) in [4.78, 5) is 6.78. The second-order valence-corrected chi connectivity index (χ2v) is 6.41. The Morgan fingerprint density at radius 3 is 2.70 bits per heavy atom. The molecule has 3 aromatic rings. The van der Waals surface area contributed by atoms with Crippen molar-refractivity contribution in [3.05, 3.63) is 52.9 Å². The van der Waals surface area contributed by atoms with E-state index in [0.717, 1.165) is 21.8 Å². The van der Waals surface area contributed by atoms with Crippen LogP contribution in [0.25, 0.3) is 21.7 Å². The van der Waals surface area contributed by atoms with Crippen LogP contribution < -0.4 is 0 Å². The number of hydrogen-bond acceptors (Lipinski definition) is 3. The predicted molar refractivity (Wildman–Crippen MR) is 84.4 cm³/mol. The molecule has 0 unspecified atom stereocenters. The molecular formula is C16H14ClNOS. The van der Waals surface area contributed by atoms with Gasteiger partial charge in [0.2, 0.25) is 0 Å². The molecule has 3 aromatic heterocycles. The van der Waals surface area contributed by atoms with Crippen LogP contribution in [0.5, 0.6) is 0 Å². The van der Waals surface area contributed by atoms with E-state index in [0.29, 0.717) is 5.92 Å². The molecule has 0 saturated heterocycles. The highest BCUT2D eigenvalue weighted by Crippen LogP contribution is 2.39. The third kappa shape index (κ3) is 2.51. The molecule has 0 aliphatic carbocycles. The highest BCUT2D eigenvalue weighted by atomic mass is 35.5. The van der Waals surface area contributed by atoms with E-state index in [1.807, 2.05) is 24.4 Å². The fraction of sp³-hybridized carbons (Fsp3) is 0.188. The molecule has 0 aliphatic rings. The van der Waals surface area contributed by atoms with Crippen molar-refractivity contribution >= 4 is 22.9 Å². The molecule has 0 aromatic carbocycles. The molecule has 0 bridgehead atoms. The van der Waals surface area contributed by atoms with Gasteiger partial charge in [0, 0.05) is 21.5 Å². The Kier molecular flexibility index (Phi) is 3.64. The van der Waals surface area contributed by atoms with Gasteiger partial charge in [-0.05, 0) is 35.7 Å². The summed E-state index contributed by atoms with van der Waals surface area (Å²) in [6.07, 6.45) is 5.18. The first-order chi connectivity index (χ1) is 9.65. The van der Waals surface area contributed by atoms with E-state index in [-0.39, 0.29) is 0 Å². The topological polar surface area (TPSA) is 26.0 Å². The summed E-state index contributed by atoms with van der Waals surface area (Å²) in [7, 11) is 0. The van der Waals surface area contributed by atoms with Crippen LogP contribution in [0.3, 0.4) is 0 Å². The number of furan rings is 1. The quantitative estimate of drug-likeness (QED) is 0.607. The number of halogens is 1. The van der Waals surface area contributed by atoms with Crippen LogP contribution in [0.15, 0.2) is 47.4 Å². The average Bonchev–Trinajstić information content (AvgIpc) is 3.08. The van der Waals surface area contributed by atoms with Gasteiger partial charge in [-0.2, -0.15) is 0 Å². The standard InChI is InChI=1S/C16H14ClNOS/c1-10(2)16-13(17)8-15(20-16)11-3-5-18-14(7-11)12-4-6-19-9-12/h3-10H,1-2H3. The minimum absolute atomic E-state index is 0.441. The predicted octanol–water partition coefficient (Wildman–Crippen LogP) is 5.85. The van der Waals surface area contributed by atoms with E-state index in [4.69, 9.17) is 16.0 Å². The van der Waals surface area contributed by atoms with Crippen LogP contribution in [0.4, 0.5) is 0 Å². The summed E-state index contributed by atoms with van der Waals surface area (Å²) in [6.45, 7) is 4.32. The van der Waals surface area contributed by atoms with Crippen LogP contribution in [0.2, 0.25) is 5.02 Å². The Morgan fingerprint density at radius 2 is 2.05 bits per heavy atom. The van der Waals surface area contributed by atoms with Crippen molar-refractivity contribution < 1.29 is 4.42 Å². The second kappa shape index (κ2) is 5.43. The summed E-state index contributed by atoms with van der Waals surface area (Å²) in [5, 5.41) is 0.849. The first-order valence-corrected chi connectivity index (χ1v) is 7.63. The van der Waals surface area contributed by atoms with Crippen molar-refractivity contribution in [2.75, 3.05) is 0 Å². The molecule has 3 rings (SSSR count). The first-order valence-electron chi connectivity index (χ1n) is 6.43. The van der Waals surface area contributed by atoms with Crippen molar-refractivity contribution in [1.82, 2.24) is 4.98 Å². The molecule has 0 radical (unpaired) electrons. The second-order valence-electron chi connectivity index (χ2n) is 4.92. The number of pyridine rings is 1. The Labute approximate surface area is 127 Å². The van der Waals surface area contributed by atoms with Gasteiger partial charge in [-0.25, -0.2) is 0 Å². The van der Waals surface area contributed by atoms with Crippen molar-refractivity contribution in [1.29, 1.82) is 0 Å². The lowest BCUT2D eigenvalue weighted by Crippen LogP contribution is -1.82. The van der Waals surface area contributed by atoms with Crippen LogP contribution in [0.1, 0.15) is 24.6 Å². The fourth-order valence-corrected chi connectivity index (χ4v) is 3.63. The summed E-state index contributed by atoms with van der Waals surface area (Å²) >= 11 is 8.05. The Hall–Kier alpha value is -1.58. The van der Waals surface area contributed by atoms with Gasteiger partial charge >= 0.3 is 0 Å². The van der Waals surface area contributed by atoms with Gasteiger partial charge in [-0.1, -0.05) is 25.4 Å². The Bertz CT molecular complexity index is 716. The van der Waals surface area contributed by atoms with Crippen molar-refractivity contribution in [2.45, 2.75) is 19.8 Å². The largest absolute Gasteiger partial charge is 0.472 e. The minimum Gasteiger partial charge on any atom is -0.472 e. The molecule has 0 aliphatic heterocycles. The van der Waals surface area contributed by atoms with Gasteiger partial charge in [0.15, 0.2) is 0 Å². The summed E-state index contributed by atoms with van der Waals surface area (Å²) in [6, 6.07) is 8.02. The van der Waals surface area contributed by atoms with Gasteiger partial charge in [0.05, 0.1) is 23.2 Å². The van der Waals surface area contributed by atoms with Crippen LogP contribution in [-0.4, -0.2) is 4.98 Å². The van der Waals surface area contributed by atoms with E-state index in [9.17, 15) is 0 Å². The number of aromatic nitrogens is 1. The molecule has 0 amide bonds. The lowest BCUT2D eigenvalue weighted by Gasteiger charge is -2.01. The van der Waals surface area contributed by atoms with Crippen molar-refractivity contribution in [3.8, 4) is 21.7 Å². The normalized spacial score (nSPS) is 11.2. The zero-order valence-corrected chi connectivity index (χ0v) is 12.8. The maximum atomic E-state index is 6.31. The van der Waals surface area contributed by atoms with Crippen LogP contribution in [-0.2, 0) is 0 Å². The third-order valence-corrected chi connectivity index (χ3v) is 5.01. The minimum atomic E-state index is 0.441. The highest BCUT2D eigenvalue weighted by Gasteiger charge is 2.12. The lowest BCUT2D eigenvalue weighted by molar-refractivity contribution is 0.568. The van der Waals surface area contributed by atoms with E-state index >= 15 is 0 Å². The van der Waals surface area contributed by atoms with Crippen LogP contribution in [0, 0.1) is 0 Å². The van der Waals surface area contributed by atoms with Gasteiger partial charge in [-0.3, -0.25) is 4.98 Å². The van der Waals surface area contributed by atoms with Gasteiger partial charge in [0.25, 0.3) is 0 Å². The smallest absolute Gasteiger partial charge is 0.0996 e. The van der Waals surface area contributed by atoms with E-state index < -0.39 is 0 Å². The Balaban J connectivity index is 2.03. The average molecular weight is 304 g/mol. The molecule has 102 valence electrons. The number of hydrogen-bond donors (Lipinski definition) is 0. The highest BCUT2D eigenvalue weighted by molar-refractivity contribution is 7.16. The zero-order chi connectivity index (χ0) is 14.1. The monoisotopic (exact) mass is 303 g/mol. The molecule has 2 nitrogen and oxygen atoms in total. The first kappa shape index (κ1) is 13.4. The molecule has 0 atom stereocenters. The van der Waals surface area contributed by atoms with E-state index in [1.54, 1.807) is 23.9 Å². The molecule has 0 spiro atoms. The maximum absolute atomic E-state index is 6.31. The van der Waals surface area contributed by atoms with Crippen molar-refractivity contribution in [3.63, 3.8) is 0 Å². The van der Waals surface area contributed by atoms with Crippen LogP contribution >= 0.6 is 22.9 Å². The Morgan fingerprint density at radius 1 is 1.20 bits per heavy atom. The molecule has 0 fully saturated rings. The van der Waals surface area contributed by atoms with Gasteiger partial charge in [0.1, 0.15) is 0 Å².